The average Bonchev–Trinajstić information content (AvgIpc) is 3.42. The van der Waals surface area contributed by atoms with Gasteiger partial charge in [0, 0.05) is 16.4 Å². The number of benzene rings is 2. The molecule has 0 spiro atoms. The number of thioether (sulfide) groups is 1. The van der Waals surface area contributed by atoms with Gasteiger partial charge in [0.15, 0.2) is 6.29 Å². The van der Waals surface area contributed by atoms with E-state index in [1.165, 1.54) is 47.3 Å². The van der Waals surface area contributed by atoms with Gasteiger partial charge in [0.25, 0.3) is 0 Å². The van der Waals surface area contributed by atoms with Crippen LogP contribution in [-0.4, -0.2) is 49.9 Å². The molecule has 1 saturated heterocycles. The molecule has 198 valence electrons. The van der Waals surface area contributed by atoms with Gasteiger partial charge in [0.1, 0.15) is 35.7 Å². The molecular weight excluding hydrogens is 517 g/mol. The first-order chi connectivity index (χ1) is 18.3. The maximum Gasteiger partial charge on any atom is 0.177 e. The van der Waals surface area contributed by atoms with Crippen molar-refractivity contribution in [1.82, 2.24) is 14.8 Å². The molecule has 2 heterocycles. The van der Waals surface area contributed by atoms with Crippen molar-refractivity contribution in [3.05, 3.63) is 101 Å². The lowest BCUT2D eigenvalue weighted by molar-refractivity contribution is -0.146. The fourth-order valence-electron chi connectivity index (χ4n) is 3.96. The number of nitrogens with zero attached hydrogens (tertiary/aromatic N) is 4. The van der Waals surface area contributed by atoms with Crippen LogP contribution in [0.1, 0.15) is 23.6 Å². The molecule has 2 atom stereocenters. The molecule has 0 bridgehead atoms. The molecule has 3 aromatic rings. The van der Waals surface area contributed by atoms with Crippen LogP contribution < -0.4 is 0 Å². The number of ether oxygens (including phenoxy) is 2. The highest BCUT2D eigenvalue weighted by Gasteiger charge is 2.41. The molecule has 0 amide bonds. The molecule has 1 N–H and O–H groups in total. The van der Waals surface area contributed by atoms with Gasteiger partial charge in [-0.3, -0.25) is 0 Å². The Morgan fingerprint density at radius 1 is 1.18 bits per heavy atom. The fourth-order valence-corrected chi connectivity index (χ4v) is 5.28. The Bertz CT molecular complexity index is 1340. The van der Waals surface area contributed by atoms with Gasteiger partial charge in [-0.15, -0.1) is 11.8 Å². The van der Waals surface area contributed by atoms with E-state index < -0.39 is 34.6 Å². The lowest BCUT2D eigenvalue weighted by Crippen LogP contribution is -2.43. The Morgan fingerprint density at radius 3 is 2.66 bits per heavy atom. The first-order valence-electron chi connectivity index (χ1n) is 11.7. The minimum atomic E-state index is -1.80. The predicted octanol–water partition coefficient (Wildman–Crippen LogP) is 4.59. The number of hydrogen-bond donors (Lipinski definition) is 1. The molecule has 0 unspecified atom stereocenters. The first kappa shape index (κ1) is 27.6. The van der Waals surface area contributed by atoms with Crippen LogP contribution in [0.4, 0.5) is 13.2 Å². The van der Waals surface area contributed by atoms with E-state index in [1.807, 2.05) is 6.07 Å². The van der Waals surface area contributed by atoms with Gasteiger partial charge < -0.3 is 14.6 Å². The van der Waals surface area contributed by atoms with Crippen molar-refractivity contribution in [2.45, 2.75) is 35.9 Å². The Hall–Kier alpha value is -3.43. The van der Waals surface area contributed by atoms with Gasteiger partial charge in [-0.1, -0.05) is 31.2 Å². The predicted molar refractivity (Wildman–Crippen MR) is 136 cm³/mol. The third kappa shape index (κ3) is 6.71. The Labute approximate surface area is 222 Å². The topological polar surface area (TPSA) is 93.2 Å². The molecule has 2 aromatic carbocycles. The highest BCUT2D eigenvalue weighted by Crippen LogP contribution is 2.38. The molecule has 11 heteroatoms. The molecule has 4 rings (SSSR count). The third-order valence-electron chi connectivity index (χ3n) is 6.01. The minimum absolute atomic E-state index is 0.131. The molecule has 0 saturated carbocycles. The van der Waals surface area contributed by atoms with E-state index in [1.54, 1.807) is 31.2 Å². The normalized spacial score (nSPS) is 20.4. The number of aliphatic hydroxyl groups is 1. The first-order valence-corrected chi connectivity index (χ1v) is 12.7. The molecule has 1 aliphatic rings. The van der Waals surface area contributed by atoms with Gasteiger partial charge in [-0.2, -0.15) is 10.4 Å². The minimum Gasteiger partial charge on any atom is -0.382 e. The van der Waals surface area contributed by atoms with Crippen LogP contribution in [0.5, 0.6) is 0 Å². The number of halogens is 3. The summed E-state index contributed by atoms with van der Waals surface area (Å²) >= 11 is 1.34. The summed E-state index contributed by atoms with van der Waals surface area (Å²) in [6.45, 7) is 2.19. The van der Waals surface area contributed by atoms with Crippen molar-refractivity contribution in [3.8, 4) is 6.07 Å². The second-order valence-electron chi connectivity index (χ2n) is 8.67. The van der Waals surface area contributed by atoms with E-state index in [0.29, 0.717) is 18.8 Å². The van der Waals surface area contributed by atoms with Gasteiger partial charge >= 0.3 is 0 Å². The largest absolute Gasteiger partial charge is 0.382 e. The summed E-state index contributed by atoms with van der Waals surface area (Å²) < 4.78 is 55.5. The number of aromatic nitrogens is 3. The number of allylic oxidation sites excluding steroid dienone is 2. The van der Waals surface area contributed by atoms with Crippen LogP contribution in [0.3, 0.4) is 0 Å². The summed E-state index contributed by atoms with van der Waals surface area (Å²) in [5, 5.41) is 23.7. The molecule has 0 aliphatic carbocycles. The summed E-state index contributed by atoms with van der Waals surface area (Å²) in [6.07, 6.45) is 8.62. The summed E-state index contributed by atoms with van der Waals surface area (Å²) in [5.74, 6) is -1.88. The summed E-state index contributed by atoms with van der Waals surface area (Å²) in [5.41, 5.74) is -1.37. The highest BCUT2D eigenvalue weighted by molar-refractivity contribution is 8.00. The zero-order valence-corrected chi connectivity index (χ0v) is 21.2. The van der Waals surface area contributed by atoms with Crippen molar-refractivity contribution >= 4 is 17.8 Å². The van der Waals surface area contributed by atoms with Gasteiger partial charge in [-0.25, -0.2) is 22.8 Å². The lowest BCUT2D eigenvalue weighted by atomic mass is 9.90. The number of hydrogen-bond acceptors (Lipinski definition) is 7. The smallest absolute Gasteiger partial charge is 0.177 e. The van der Waals surface area contributed by atoms with Crippen LogP contribution in [0.25, 0.3) is 6.08 Å². The summed E-state index contributed by atoms with van der Waals surface area (Å²) in [7, 11) is 0. The van der Waals surface area contributed by atoms with Gasteiger partial charge in [0.2, 0.25) is 0 Å². The second-order valence-corrected chi connectivity index (χ2v) is 10.3. The Balaban J connectivity index is 1.36. The lowest BCUT2D eigenvalue weighted by Gasteiger charge is -2.37. The van der Waals surface area contributed by atoms with Crippen LogP contribution in [0.2, 0.25) is 0 Å². The summed E-state index contributed by atoms with van der Waals surface area (Å²) in [4.78, 5) is 3.87. The van der Waals surface area contributed by atoms with Crippen molar-refractivity contribution in [1.29, 1.82) is 5.26 Å². The van der Waals surface area contributed by atoms with Crippen LogP contribution in [0, 0.1) is 28.8 Å². The fraction of sp³-hybridized carbons (Fsp3) is 0.296. The molecule has 1 fully saturated rings. The van der Waals surface area contributed by atoms with E-state index in [4.69, 9.17) is 14.7 Å². The van der Waals surface area contributed by atoms with E-state index in [9.17, 15) is 18.3 Å². The molecule has 0 radical (unpaired) electrons. The summed E-state index contributed by atoms with van der Waals surface area (Å²) in [6, 6.07) is 9.10. The molecule has 1 aromatic heterocycles. The zero-order chi connectivity index (χ0) is 27.1. The van der Waals surface area contributed by atoms with Crippen LogP contribution in [-0.2, 0) is 21.6 Å². The van der Waals surface area contributed by atoms with E-state index in [-0.39, 0.29) is 22.9 Å². The van der Waals surface area contributed by atoms with E-state index >= 15 is 0 Å². The van der Waals surface area contributed by atoms with Crippen LogP contribution >= 0.6 is 11.8 Å². The third-order valence-corrected chi connectivity index (χ3v) is 7.47. The van der Waals surface area contributed by atoms with Gasteiger partial charge in [-0.05, 0) is 36.4 Å². The molecule has 38 heavy (non-hydrogen) atoms. The highest BCUT2D eigenvalue weighted by atomic mass is 32.2. The SMILES string of the molecule is C[C@@H](S[C@H]1CO[C@H](/C=C/C=C/c2ccc(C#N)cc2F)OC1)[C@](O)(Cn1cncn1)c1cc(F)ccc1F. The van der Waals surface area contributed by atoms with Crippen molar-refractivity contribution < 1.29 is 27.8 Å². The Kier molecular flexibility index (Phi) is 9.01. The van der Waals surface area contributed by atoms with Crippen molar-refractivity contribution in [2.75, 3.05) is 13.2 Å². The number of rotatable bonds is 9. The molecule has 1 aliphatic heterocycles. The van der Waals surface area contributed by atoms with E-state index in [0.717, 1.165) is 18.2 Å². The van der Waals surface area contributed by atoms with E-state index in [2.05, 4.69) is 10.1 Å². The zero-order valence-electron chi connectivity index (χ0n) is 20.4. The average molecular weight is 543 g/mol. The van der Waals surface area contributed by atoms with Crippen molar-refractivity contribution in [3.63, 3.8) is 0 Å². The maximum absolute atomic E-state index is 14.7. The Morgan fingerprint density at radius 2 is 1.97 bits per heavy atom. The van der Waals surface area contributed by atoms with Crippen LogP contribution in [0.15, 0.2) is 67.3 Å². The second kappa shape index (κ2) is 12.4. The monoisotopic (exact) mass is 542 g/mol. The molecular formula is C27H25F3N4O3S. The molecule has 7 nitrogen and oxygen atoms in total. The quantitative estimate of drug-likeness (QED) is 0.396. The number of nitriles is 1. The standard InChI is InChI=1S/C27H25F3N4O3S/c1-18(27(35,15-34-17-32-16-33-34)23-11-21(28)8-9-24(23)29)38-22-13-36-26(37-14-22)5-3-2-4-20-7-6-19(12-31)10-25(20)30/h2-11,16-18,22,26,35H,13-15H2,1H3/b4-2+,5-3+/t18-,22-,26-,27-/m1/s1. The maximum atomic E-state index is 14.7. The van der Waals surface area contributed by atoms with Gasteiger partial charge in [0.05, 0.1) is 36.6 Å². The van der Waals surface area contributed by atoms with Crippen molar-refractivity contribution in [2.24, 2.45) is 0 Å².